The zero-order valence-corrected chi connectivity index (χ0v) is 10.3. The quantitative estimate of drug-likeness (QED) is 0.839. The molecule has 2 N–H and O–H groups in total. The second-order valence-electron chi connectivity index (χ2n) is 4.11. The standard InChI is InChI=1S/C11H19N3S/c1-3-9-10(14(2)13-11(9)12)8-4-6-15-7-5-8/h8H,3-7H2,1-2H3,(H2,12,13). The van der Waals surface area contributed by atoms with Crippen molar-refractivity contribution in [3.05, 3.63) is 11.3 Å². The molecule has 2 heterocycles. The van der Waals surface area contributed by atoms with E-state index in [1.54, 1.807) is 0 Å². The van der Waals surface area contributed by atoms with Gasteiger partial charge in [-0.15, -0.1) is 0 Å². The van der Waals surface area contributed by atoms with E-state index in [-0.39, 0.29) is 0 Å². The minimum absolute atomic E-state index is 0.677. The first-order chi connectivity index (χ1) is 7.24. The van der Waals surface area contributed by atoms with Gasteiger partial charge < -0.3 is 5.73 Å². The van der Waals surface area contributed by atoms with Crippen molar-refractivity contribution in [3.8, 4) is 0 Å². The third-order valence-corrected chi connectivity index (χ3v) is 4.24. The Bertz CT molecular complexity index is 340. The molecule has 0 spiro atoms. The van der Waals surface area contributed by atoms with Crippen LogP contribution in [0.25, 0.3) is 0 Å². The zero-order valence-electron chi connectivity index (χ0n) is 9.49. The van der Waals surface area contributed by atoms with Crippen LogP contribution in [0.4, 0.5) is 5.82 Å². The summed E-state index contributed by atoms with van der Waals surface area (Å²) in [4.78, 5) is 0. The van der Waals surface area contributed by atoms with Crippen LogP contribution >= 0.6 is 11.8 Å². The highest BCUT2D eigenvalue weighted by molar-refractivity contribution is 7.99. The van der Waals surface area contributed by atoms with Gasteiger partial charge in [-0.3, -0.25) is 4.68 Å². The highest BCUT2D eigenvalue weighted by Crippen LogP contribution is 2.34. The van der Waals surface area contributed by atoms with Crippen LogP contribution < -0.4 is 5.73 Å². The molecule has 0 bridgehead atoms. The Hall–Kier alpha value is -0.640. The van der Waals surface area contributed by atoms with E-state index < -0.39 is 0 Å². The van der Waals surface area contributed by atoms with E-state index >= 15 is 0 Å². The van der Waals surface area contributed by atoms with Gasteiger partial charge in [-0.25, -0.2) is 0 Å². The molecule has 1 aliphatic rings. The number of nitrogens with two attached hydrogens (primary N) is 1. The first-order valence-electron chi connectivity index (χ1n) is 5.63. The van der Waals surface area contributed by atoms with Gasteiger partial charge in [0.15, 0.2) is 0 Å². The van der Waals surface area contributed by atoms with Gasteiger partial charge in [0.1, 0.15) is 5.82 Å². The summed E-state index contributed by atoms with van der Waals surface area (Å²) in [5.41, 5.74) is 8.58. The van der Waals surface area contributed by atoms with E-state index in [2.05, 4.69) is 23.8 Å². The molecule has 0 unspecified atom stereocenters. The molecule has 1 aromatic heterocycles. The Balaban J connectivity index is 2.32. The van der Waals surface area contributed by atoms with Crippen molar-refractivity contribution in [2.24, 2.45) is 7.05 Å². The fourth-order valence-electron chi connectivity index (χ4n) is 2.45. The molecule has 0 radical (unpaired) electrons. The normalized spacial score (nSPS) is 18.3. The molecular weight excluding hydrogens is 206 g/mol. The van der Waals surface area contributed by atoms with Crippen LogP contribution in [0.1, 0.15) is 36.9 Å². The molecular formula is C11H19N3S. The van der Waals surface area contributed by atoms with Gasteiger partial charge in [0.05, 0.1) is 0 Å². The van der Waals surface area contributed by atoms with Crippen LogP contribution in [-0.4, -0.2) is 21.3 Å². The highest BCUT2D eigenvalue weighted by atomic mass is 32.2. The van der Waals surface area contributed by atoms with Crippen LogP contribution in [0.3, 0.4) is 0 Å². The van der Waals surface area contributed by atoms with Gasteiger partial charge in [0.2, 0.25) is 0 Å². The molecule has 2 rings (SSSR count). The van der Waals surface area contributed by atoms with E-state index in [9.17, 15) is 0 Å². The fourth-order valence-corrected chi connectivity index (χ4v) is 3.55. The van der Waals surface area contributed by atoms with E-state index in [0.29, 0.717) is 5.92 Å². The van der Waals surface area contributed by atoms with Crippen molar-refractivity contribution in [1.82, 2.24) is 9.78 Å². The third-order valence-electron chi connectivity index (χ3n) is 3.19. The molecule has 1 aromatic rings. The Morgan fingerprint density at radius 3 is 2.73 bits per heavy atom. The van der Waals surface area contributed by atoms with Crippen molar-refractivity contribution in [3.63, 3.8) is 0 Å². The Morgan fingerprint density at radius 2 is 2.13 bits per heavy atom. The lowest BCUT2D eigenvalue weighted by molar-refractivity contribution is 0.566. The number of nitrogen functional groups attached to an aromatic ring is 1. The van der Waals surface area contributed by atoms with Crippen molar-refractivity contribution >= 4 is 17.6 Å². The van der Waals surface area contributed by atoms with Crippen molar-refractivity contribution in [1.29, 1.82) is 0 Å². The molecule has 0 atom stereocenters. The molecule has 84 valence electrons. The second kappa shape index (κ2) is 4.47. The summed E-state index contributed by atoms with van der Waals surface area (Å²) < 4.78 is 1.99. The summed E-state index contributed by atoms with van der Waals surface area (Å²) in [6.45, 7) is 2.16. The Kier molecular flexibility index (Phi) is 3.24. The number of aryl methyl sites for hydroxylation is 1. The maximum atomic E-state index is 5.92. The van der Waals surface area contributed by atoms with Gasteiger partial charge in [-0.1, -0.05) is 6.92 Å². The SMILES string of the molecule is CCc1c(N)nn(C)c1C1CCSCC1. The summed E-state index contributed by atoms with van der Waals surface area (Å²) in [6.07, 6.45) is 3.55. The average molecular weight is 225 g/mol. The first-order valence-corrected chi connectivity index (χ1v) is 6.78. The van der Waals surface area contributed by atoms with Crippen LogP contribution in [0, 0.1) is 0 Å². The van der Waals surface area contributed by atoms with Gasteiger partial charge >= 0.3 is 0 Å². The molecule has 0 aliphatic carbocycles. The van der Waals surface area contributed by atoms with E-state index in [1.807, 2.05) is 11.7 Å². The predicted molar refractivity (Wildman–Crippen MR) is 66.3 cm³/mol. The molecule has 1 fully saturated rings. The van der Waals surface area contributed by atoms with Crippen LogP contribution in [0.15, 0.2) is 0 Å². The molecule has 0 amide bonds. The number of hydrogen-bond acceptors (Lipinski definition) is 3. The summed E-state index contributed by atoms with van der Waals surface area (Å²) >= 11 is 2.06. The molecule has 1 saturated heterocycles. The molecule has 15 heavy (non-hydrogen) atoms. The number of nitrogens with zero attached hydrogens (tertiary/aromatic N) is 2. The summed E-state index contributed by atoms with van der Waals surface area (Å²) in [5, 5.41) is 4.34. The van der Waals surface area contributed by atoms with Gasteiger partial charge in [-0.2, -0.15) is 16.9 Å². The minimum Gasteiger partial charge on any atom is -0.382 e. The van der Waals surface area contributed by atoms with Crippen molar-refractivity contribution in [2.75, 3.05) is 17.2 Å². The first kappa shape index (κ1) is 10.9. The molecule has 4 heteroatoms. The van der Waals surface area contributed by atoms with Crippen molar-refractivity contribution in [2.45, 2.75) is 32.1 Å². The maximum absolute atomic E-state index is 5.92. The van der Waals surface area contributed by atoms with Gasteiger partial charge in [-0.05, 0) is 30.8 Å². The lowest BCUT2D eigenvalue weighted by Crippen LogP contribution is -2.13. The predicted octanol–water partition coefficient (Wildman–Crippen LogP) is 2.18. The lowest BCUT2D eigenvalue weighted by atomic mass is 9.94. The summed E-state index contributed by atoms with van der Waals surface area (Å²) in [7, 11) is 2.02. The minimum atomic E-state index is 0.677. The molecule has 1 aliphatic heterocycles. The Morgan fingerprint density at radius 1 is 1.47 bits per heavy atom. The smallest absolute Gasteiger partial charge is 0.148 e. The molecule has 0 saturated carbocycles. The average Bonchev–Trinajstić information content (AvgIpc) is 2.54. The van der Waals surface area contributed by atoms with Gasteiger partial charge in [0.25, 0.3) is 0 Å². The Labute approximate surface area is 95.4 Å². The fraction of sp³-hybridized carbons (Fsp3) is 0.727. The van der Waals surface area contributed by atoms with Gasteiger partial charge in [0, 0.05) is 24.2 Å². The summed E-state index contributed by atoms with van der Waals surface area (Å²) in [5.74, 6) is 3.96. The lowest BCUT2D eigenvalue weighted by Gasteiger charge is -2.22. The number of anilines is 1. The number of rotatable bonds is 2. The number of aromatic nitrogens is 2. The zero-order chi connectivity index (χ0) is 10.8. The van der Waals surface area contributed by atoms with E-state index in [1.165, 1.54) is 35.6 Å². The second-order valence-corrected chi connectivity index (χ2v) is 5.34. The molecule has 3 nitrogen and oxygen atoms in total. The van der Waals surface area contributed by atoms with Crippen molar-refractivity contribution < 1.29 is 0 Å². The van der Waals surface area contributed by atoms with Crippen LogP contribution in [0.2, 0.25) is 0 Å². The molecule has 0 aromatic carbocycles. The topological polar surface area (TPSA) is 43.8 Å². The van der Waals surface area contributed by atoms with E-state index in [4.69, 9.17) is 5.73 Å². The highest BCUT2D eigenvalue weighted by Gasteiger charge is 2.23. The largest absolute Gasteiger partial charge is 0.382 e. The van der Waals surface area contributed by atoms with Crippen LogP contribution in [-0.2, 0) is 13.5 Å². The van der Waals surface area contributed by atoms with E-state index in [0.717, 1.165) is 12.2 Å². The number of hydrogen-bond donors (Lipinski definition) is 1. The maximum Gasteiger partial charge on any atom is 0.148 e. The third kappa shape index (κ3) is 2.00. The van der Waals surface area contributed by atoms with Crippen LogP contribution in [0.5, 0.6) is 0 Å². The monoisotopic (exact) mass is 225 g/mol. The summed E-state index contributed by atoms with van der Waals surface area (Å²) in [6, 6.07) is 0. The number of thioether (sulfide) groups is 1.